The second-order valence-corrected chi connectivity index (χ2v) is 7.82. The Kier molecular flexibility index (Phi) is 4.75. The molecule has 4 atom stereocenters. The van der Waals surface area contributed by atoms with Crippen LogP contribution in [0.4, 0.5) is 5.82 Å². The zero-order chi connectivity index (χ0) is 20.1. The average molecular weight is 441 g/mol. The third-order valence-electron chi connectivity index (χ3n) is 4.93. The van der Waals surface area contributed by atoms with Crippen LogP contribution in [-0.2, 0) is 23.1 Å². The Balaban J connectivity index is 1.32. The molecule has 2 aliphatic heterocycles. The van der Waals surface area contributed by atoms with Crippen LogP contribution in [0.1, 0.15) is 5.69 Å². The van der Waals surface area contributed by atoms with Crippen LogP contribution >= 0.6 is 23.2 Å². The predicted molar refractivity (Wildman–Crippen MR) is 104 cm³/mol. The fraction of sp³-hybridized carbons (Fsp3) is 0.471. The van der Waals surface area contributed by atoms with E-state index in [1.165, 1.54) is 0 Å². The fourth-order valence-corrected chi connectivity index (χ4v) is 4.02. The van der Waals surface area contributed by atoms with E-state index in [2.05, 4.69) is 25.4 Å². The van der Waals surface area contributed by atoms with Crippen LogP contribution in [0, 0.1) is 0 Å². The highest BCUT2D eigenvalue weighted by molar-refractivity contribution is 6.33. The van der Waals surface area contributed by atoms with Crippen molar-refractivity contribution in [2.45, 2.75) is 31.0 Å². The molecule has 0 spiro atoms. The number of imidazole rings is 1. The minimum atomic E-state index is -0.633. The van der Waals surface area contributed by atoms with Gasteiger partial charge >= 0.3 is 0 Å². The number of aryl methyl sites for hydroxylation is 1. The number of fused-ring (bicyclic) bond motifs is 2. The molecule has 5 rings (SSSR count). The van der Waals surface area contributed by atoms with Crippen LogP contribution in [0.3, 0.4) is 0 Å². The summed E-state index contributed by atoms with van der Waals surface area (Å²) in [5.41, 5.74) is 1.77. The quantitative estimate of drug-likeness (QED) is 0.546. The molecule has 0 saturated carbocycles. The lowest BCUT2D eigenvalue weighted by Gasteiger charge is -2.15. The Morgan fingerprint density at radius 3 is 2.90 bits per heavy atom. The second-order valence-electron chi connectivity index (χ2n) is 7.00. The predicted octanol–water partition coefficient (Wildman–Crippen LogP) is 1.52. The van der Waals surface area contributed by atoms with Crippen LogP contribution in [0.5, 0.6) is 6.01 Å². The van der Waals surface area contributed by atoms with E-state index in [9.17, 15) is 5.11 Å². The number of anilines is 1. The summed E-state index contributed by atoms with van der Waals surface area (Å²) in [6.45, 7) is 0.922. The largest absolute Gasteiger partial charge is 0.456 e. The molecular weight excluding hydrogens is 423 g/mol. The number of pyridine rings is 1. The van der Waals surface area contributed by atoms with Gasteiger partial charge in [-0.2, -0.15) is 10.1 Å². The van der Waals surface area contributed by atoms with Crippen molar-refractivity contribution >= 4 is 40.2 Å². The number of H-pyrrole nitrogens is 1. The SMILES string of the molecule is Cn1cc(Cl)c(CNc2nc3nc(O[C@@H]4CO[C@H]5[C@@H]4OC[C@H]5O)[nH]c3cc2Cl)n1. The molecule has 0 amide bonds. The van der Waals surface area contributed by atoms with Gasteiger partial charge in [-0.05, 0) is 6.07 Å². The minimum Gasteiger partial charge on any atom is -0.456 e. The number of rotatable bonds is 5. The molecule has 154 valence electrons. The van der Waals surface area contributed by atoms with Crippen molar-refractivity contribution in [2.24, 2.45) is 7.05 Å². The Morgan fingerprint density at radius 1 is 1.28 bits per heavy atom. The molecule has 0 unspecified atom stereocenters. The van der Waals surface area contributed by atoms with Gasteiger partial charge in [0.2, 0.25) is 0 Å². The maximum atomic E-state index is 9.84. The summed E-state index contributed by atoms with van der Waals surface area (Å²) in [6.07, 6.45) is 0.0303. The average Bonchev–Trinajstić information content (AvgIpc) is 3.41. The Morgan fingerprint density at radius 2 is 2.10 bits per heavy atom. The highest BCUT2D eigenvalue weighted by Crippen LogP contribution is 2.31. The molecular formula is C17H18Cl2N6O4. The third-order valence-corrected chi connectivity index (χ3v) is 5.53. The molecule has 2 fully saturated rings. The van der Waals surface area contributed by atoms with Crippen LogP contribution in [0.15, 0.2) is 12.3 Å². The molecule has 2 saturated heterocycles. The van der Waals surface area contributed by atoms with Gasteiger partial charge in [0, 0.05) is 13.2 Å². The molecule has 10 nitrogen and oxygen atoms in total. The topological polar surface area (TPSA) is 119 Å². The van der Waals surface area contributed by atoms with E-state index >= 15 is 0 Å². The minimum absolute atomic E-state index is 0.238. The number of aliphatic hydroxyl groups is 1. The van der Waals surface area contributed by atoms with Gasteiger partial charge in [-0.3, -0.25) is 4.68 Å². The number of nitrogens with one attached hydrogen (secondary N) is 2. The lowest BCUT2D eigenvalue weighted by molar-refractivity contribution is 0.00706. The van der Waals surface area contributed by atoms with E-state index in [-0.39, 0.29) is 30.9 Å². The molecule has 5 heterocycles. The number of nitrogens with zero attached hydrogens (tertiary/aromatic N) is 4. The third kappa shape index (κ3) is 3.51. The maximum Gasteiger partial charge on any atom is 0.296 e. The number of ether oxygens (including phenoxy) is 3. The van der Waals surface area contributed by atoms with Crippen molar-refractivity contribution in [3.8, 4) is 6.01 Å². The van der Waals surface area contributed by atoms with Gasteiger partial charge in [0.1, 0.15) is 29.8 Å². The van der Waals surface area contributed by atoms with E-state index in [4.69, 9.17) is 37.4 Å². The van der Waals surface area contributed by atoms with E-state index in [1.54, 1.807) is 24.0 Å². The zero-order valence-electron chi connectivity index (χ0n) is 15.3. The second kappa shape index (κ2) is 7.29. The smallest absolute Gasteiger partial charge is 0.296 e. The molecule has 0 aliphatic carbocycles. The first kappa shape index (κ1) is 18.9. The Labute approximate surface area is 175 Å². The van der Waals surface area contributed by atoms with E-state index in [0.29, 0.717) is 45.9 Å². The molecule has 0 bridgehead atoms. The lowest BCUT2D eigenvalue weighted by atomic mass is 10.1. The van der Waals surface area contributed by atoms with Crippen molar-refractivity contribution in [1.82, 2.24) is 24.7 Å². The zero-order valence-corrected chi connectivity index (χ0v) is 16.8. The van der Waals surface area contributed by atoms with Crippen LogP contribution in [0.2, 0.25) is 10.0 Å². The number of halogens is 2. The summed E-state index contributed by atoms with van der Waals surface area (Å²) in [5, 5.41) is 18.2. The molecule has 12 heteroatoms. The van der Waals surface area contributed by atoms with Gasteiger partial charge in [0.05, 0.1) is 35.3 Å². The van der Waals surface area contributed by atoms with Crippen molar-refractivity contribution in [1.29, 1.82) is 0 Å². The molecule has 29 heavy (non-hydrogen) atoms. The van der Waals surface area contributed by atoms with E-state index < -0.39 is 6.10 Å². The summed E-state index contributed by atoms with van der Waals surface area (Å²) >= 11 is 12.5. The number of aliphatic hydroxyl groups excluding tert-OH is 1. The molecule has 0 radical (unpaired) electrons. The highest BCUT2D eigenvalue weighted by atomic mass is 35.5. The van der Waals surface area contributed by atoms with Crippen LogP contribution < -0.4 is 10.1 Å². The summed E-state index contributed by atoms with van der Waals surface area (Å²) < 4.78 is 18.7. The first-order valence-corrected chi connectivity index (χ1v) is 9.79. The number of hydrogen-bond donors (Lipinski definition) is 3. The molecule has 2 aliphatic rings. The summed E-state index contributed by atoms with van der Waals surface area (Å²) in [6, 6.07) is 2.00. The van der Waals surface area contributed by atoms with Crippen molar-refractivity contribution in [3.63, 3.8) is 0 Å². The van der Waals surface area contributed by atoms with Crippen molar-refractivity contribution in [3.05, 3.63) is 28.0 Å². The van der Waals surface area contributed by atoms with Gasteiger partial charge in [0.15, 0.2) is 11.8 Å². The summed E-state index contributed by atoms with van der Waals surface area (Å²) in [4.78, 5) is 11.9. The summed E-state index contributed by atoms with van der Waals surface area (Å²) in [5.74, 6) is 0.463. The van der Waals surface area contributed by atoms with Gasteiger partial charge in [-0.15, -0.1) is 0 Å². The van der Waals surface area contributed by atoms with Gasteiger partial charge < -0.3 is 29.6 Å². The van der Waals surface area contributed by atoms with Gasteiger partial charge in [-0.25, -0.2) is 4.98 Å². The van der Waals surface area contributed by atoms with Crippen LogP contribution in [-0.4, -0.2) is 67.5 Å². The first-order chi connectivity index (χ1) is 14.0. The highest BCUT2D eigenvalue weighted by Gasteiger charge is 2.48. The molecule has 3 aromatic rings. The van der Waals surface area contributed by atoms with Gasteiger partial charge in [0.25, 0.3) is 6.01 Å². The van der Waals surface area contributed by atoms with Crippen LogP contribution in [0.25, 0.3) is 11.2 Å². The molecule has 0 aromatic carbocycles. The molecule has 3 aromatic heterocycles. The summed E-state index contributed by atoms with van der Waals surface area (Å²) in [7, 11) is 1.80. The monoisotopic (exact) mass is 440 g/mol. The van der Waals surface area contributed by atoms with Crippen molar-refractivity contribution in [2.75, 3.05) is 18.5 Å². The van der Waals surface area contributed by atoms with Gasteiger partial charge in [-0.1, -0.05) is 23.2 Å². The van der Waals surface area contributed by atoms with E-state index in [1.807, 2.05) is 0 Å². The lowest BCUT2D eigenvalue weighted by Crippen LogP contribution is -2.34. The number of aromatic amines is 1. The fourth-order valence-electron chi connectivity index (χ4n) is 3.56. The number of hydrogen-bond acceptors (Lipinski definition) is 8. The van der Waals surface area contributed by atoms with E-state index in [0.717, 1.165) is 0 Å². The normalized spacial score (nSPS) is 26.2. The maximum absolute atomic E-state index is 9.84. The first-order valence-electron chi connectivity index (χ1n) is 9.04. The Bertz CT molecular complexity index is 1060. The standard InChI is InChI=1S/C17H18Cl2N6O4/c1-25-4-8(19)10(24-25)3-20-15-7(18)2-9-16(22-15)23-17(21-9)29-12-6-28-13-11(26)5-27-14(12)13/h2,4,11-14,26H,3,5-6H2,1H3,(H2,20,21,22,23)/t11-,12-,13-,14-/m1/s1. The number of aromatic nitrogens is 5. The molecule has 3 N–H and O–H groups in total. The Hall–Kier alpha value is -2.11. The van der Waals surface area contributed by atoms with Crippen molar-refractivity contribution < 1.29 is 19.3 Å².